The number of thiophene rings is 1. The number of rotatable bonds is 7. The number of benzene rings is 1. The Balaban J connectivity index is 1.78. The van der Waals surface area contributed by atoms with Crippen molar-refractivity contribution >= 4 is 28.3 Å². The molecular weight excluding hydrogens is 430 g/mol. The number of anilines is 1. The highest BCUT2D eigenvalue weighted by atomic mass is 32.1. The van der Waals surface area contributed by atoms with Gasteiger partial charge in [-0.2, -0.15) is 0 Å². The number of amides is 3. The van der Waals surface area contributed by atoms with Gasteiger partial charge >= 0.3 is 6.03 Å². The summed E-state index contributed by atoms with van der Waals surface area (Å²) in [5, 5.41) is 54.5. The maximum atomic E-state index is 12.0. The van der Waals surface area contributed by atoms with Gasteiger partial charge in [-0.3, -0.25) is 10.1 Å². The van der Waals surface area contributed by atoms with Crippen LogP contribution in [0, 0.1) is 5.92 Å². The molecule has 0 radical (unpaired) electrons. The zero-order valence-corrected chi connectivity index (χ0v) is 17.2. The Morgan fingerprint density at radius 2 is 1.94 bits per heavy atom. The fourth-order valence-electron chi connectivity index (χ4n) is 3.41. The summed E-state index contributed by atoms with van der Waals surface area (Å²) in [7, 11) is 1.46. The number of aliphatic hydroxyl groups is 5. The molecule has 1 aromatic heterocycles. The number of carbonyl (C=O) groups excluding carboxylic acids is 2. The zero-order chi connectivity index (χ0) is 22.9. The summed E-state index contributed by atoms with van der Waals surface area (Å²) in [6.07, 6.45) is -4.96. The van der Waals surface area contributed by atoms with Gasteiger partial charge in [0, 0.05) is 17.8 Å². The summed E-state index contributed by atoms with van der Waals surface area (Å²) in [5.41, 5.74) is 3.84. The Hall–Kier alpha value is -2.74. The quantitative estimate of drug-likeness (QED) is 0.245. The number of ether oxygens (including phenoxy) is 1. The van der Waals surface area contributed by atoms with Gasteiger partial charge in [-0.15, -0.1) is 11.3 Å². The lowest BCUT2D eigenvalue weighted by Gasteiger charge is -2.53. The van der Waals surface area contributed by atoms with Gasteiger partial charge in [0.05, 0.1) is 18.3 Å². The Bertz CT molecular complexity index is 966. The maximum absolute atomic E-state index is 12.0. The van der Waals surface area contributed by atoms with E-state index in [4.69, 9.17) is 10.5 Å². The second kappa shape index (κ2) is 8.78. The molecule has 1 heterocycles. The molecule has 12 heteroatoms. The van der Waals surface area contributed by atoms with E-state index >= 15 is 0 Å². The standard InChI is InChI=1S/C19H23N3O8S/c1-21-15(26)10-6-12(31-16(10)22-18(20)28)8-2-4-9(5-3-8)30-17(27)19(29)11(7-23)13(24)14(19)25/h2-6,11,13-14,17,23-25,27,29H,7H2,1H3,(H,21,26)(H3,20,22,28). The molecule has 1 aliphatic rings. The molecule has 0 bridgehead atoms. The number of nitrogens with two attached hydrogens (primary N) is 1. The number of nitrogens with one attached hydrogen (secondary N) is 2. The lowest BCUT2D eigenvalue weighted by molar-refractivity contribution is -0.332. The summed E-state index contributed by atoms with van der Waals surface area (Å²) < 4.78 is 5.29. The van der Waals surface area contributed by atoms with E-state index < -0.39 is 48.6 Å². The van der Waals surface area contributed by atoms with Gasteiger partial charge < -0.3 is 41.3 Å². The highest BCUT2D eigenvalue weighted by Gasteiger charge is 2.65. The topological polar surface area (TPSA) is 195 Å². The average molecular weight is 453 g/mol. The highest BCUT2D eigenvalue weighted by molar-refractivity contribution is 7.20. The van der Waals surface area contributed by atoms with Crippen molar-refractivity contribution in [3.63, 3.8) is 0 Å². The molecule has 1 fully saturated rings. The maximum Gasteiger partial charge on any atom is 0.317 e. The second-order valence-electron chi connectivity index (χ2n) is 7.03. The van der Waals surface area contributed by atoms with Crippen molar-refractivity contribution in [2.75, 3.05) is 19.0 Å². The van der Waals surface area contributed by atoms with Gasteiger partial charge in [-0.05, 0) is 35.9 Å². The van der Waals surface area contributed by atoms with Crippen molar-refractivity contribution in [1.29, 1.82) is 0 Å². The average Bonchev–Trinajstić information content (AvgIpc) is 3.16. The molecule has 3 rings (SSSR count). The van der Waals surface area contributed by atoms with Crippen LogP contribution in [0.15, 0.2) is 30.3 Å². The van der Waals surface area contributed by atoms with Gasteiger partial charge in [0.25, 0.3) is 5.91 Å². The first-order chi connectivity index (χ1) is 14.6. The Kier molecular flexibility index (Phi) is 6.50. The van der Waals surface area contributed by atoms with Gasteiger partial charge in [0.15, 0.2) is 5.60 Å². The molecule has 5 atom stereocenters. The third kappa shape index (κ3) is 4.08. The predicted molar refractivity (Wildman–Crippen MR) is 111 cm³/mol. The Labute approximate surface area is 180 Å². The Morgan fingerprint density at radius 1 is 1.29 bits per heavy atom. The van der Waals surface area contributed by atoms with Crippen LogP contribution in [0.25, 0.3) is 10.4 Å². The lowest BCUT2D eigenvalue weighted by atomic mass is 9.64. The first-order valence-corrected chi connectivity index (χ1v) is 10.0. The van der Waals surface area contributed by atoms with Gasteiger partial charge in [-0.25, -0.2) is 4.79 Å². The van der Waals surface area contributed by atoms with E-state index in [9.17, 15) is 35.1 Å². The van der Waals surface area contributed by atoms with Crippen molar-refractivity contribution in [1.82, 2.24) is 5.32 Å². The van der Waals surface area contributed by atoms with Crippen LogP contribution in [0.2, 0.25) is 0 Å². The zero-order valence-electron chi connectivity index (χ0n) is 16.3. The third-order valence-electron chi connectivity index (χ3n) is 5.22. The molecule has 0 saturated heterocycles. The summed E-state index contributed by atoms with van der Waals surface area (Å²) in [4.78, 5) is 23.9. The number of urea groups is 1. The molecule has 0 spiro atoms. The first-order valence-electron chi connectivity index (χ1n) is 9.20. The SMILES string of the molecule is CNC(=O)c1cc(-c2ccc(OC(O)C3(O)C(O)C(O)C3CO)cc2)sc1NC(N)=O. The molecule has 1 aliphatic carbocycles. The third-order valence-corrected chi connectivity index (χ3v) is 6.32. The van der Waals surface area contributed by atoms with E-state index in [1.165, 1.54) is 19.2 Å². The van der Waals surface area contributed by atoms with E-state index in [0.717, 1.165) is 11.3 Å². The minimum absolute atomic E-state index is 0.147. The summed E-state index contributed by atoms with van der Waals surface area (Å²) in [6, 6.07) is 6.99. The fraction of sp³-hybridized carbons (Fsp3) is 0.368. The van der Waals surface area contributed by atoms with Crippen molar-refractivity contribution < 1.29 is 39.9 Å². The van der Waals surface area contributed by atoms with Crippen LogP contribution in [0.1, 0.15) is 10.4 Å². The van der Waals surface area contributed by atoms with Crippen LogP contribution in [-0.2, 0) is 0 Å². The van der Waals surface area contributed by atoms with Crippen molar-refractivity contribution in [2.24, 2.45) is 11.7 Å². The van der Waals surface area contributed by atoms with E-state index in [1.54, 1.807) is 18.2 Å². The highest BCUT2D eigenvalue weighted by Crippen LogP contribution is 2.42. The molecule has 5 unspecified atom stereocenters. The molecule has 9 N–H and O–H groups in total. The molecule has 2 aromatic rings. The largest absolute Gasteiger partial charge is 0.462 e. The van der Waals surface area contributed by atoms with Crippen molar-refractivity contribution in [2.45, 2.75) is 24.1 Å². The van der Waals surface area contributed by atoms with Crippen LogP contribution in [0.3, 0.4) is 0 Å². The monoisotopic (exact) mass is 453 g/mol. The summed E-state index contributed by atoms with van der Waals surface area (Å²) in [5.74, 6) is -1.42. The number of aliphatic hydroxyl groups excluding tert-OH is 4. The van der Waals surface area contributed by atoms with E-state index in [-0.39, 0.29) is 16.3 Å². The minimum Gasteiger partial charge on any atom is -0.462 e. The fourth-order valence-corrected chi connectivity index (χ4v) is 4.48. The number of hydrogen-bond donors (Lipinski definition) is 8. The smallest absolute Gasteiger partial charge is 0.317 e. The van der Waals surface area contributed by atoms with Crippen LogP contribution < -0.4 is 21.1 Å². The molecular formula is C19H23N3O8S. The molecule has 1 saturated carbocycles. The van der Waals surface area contributed by atoms with Crippen LogP contribution >= 0.6 is 11.3 Å². The number of carbonyl (C=O) groups is 2. The Morgan fingerprint density at radius 3 is 2.48 bits per heavy atom. The van der Waals surface area contributed by atoms with Crippen LogP contribution in [0.4, 0.5) is 9.80 Å². The predicted octanol–water partition coefficient (Wildman–Crippen LogP) is -0.963. The first kappa shape index (κ1) is 22.9. The molecule has 11 nitrogen and oxygen atoms in total. The van der Waals surface area contributed by atoms with Crippen LogP contribution in [-0.4, -0.2) is 75.2 Å². The van der Waals surface area contributed by atoms with E-state index in [1.807, 2.05) is 0 Å². The summed E-state index contributed by atoms with van der Waals surface area (Å²) in [6.45, 7) is -0.651. The van der Waals surface area contributed by atoms with Gasteiger partial charge in [0.1, 0.15) is 16.9 Å². The number of primary amides is 1. The lowest BCUT2D eigenvalue weighted by Crippen LogP contribution is -2.76. The van der Waals surface area contributed by atoms with Crippen LogP contribution in [0.5, 0.6) is 5.75 Å². The molecule has 3 amide bonds. The molecule has 168 valence electrons. The van der Waals surface area contributed by atoms with Crippen molar-refractivity contribution in [3.8, 4) is 16.2 Å². The molecule has 1 aromatic carbocycles. The van der Waals surface area contributed by atoms with E-state index in [2.05, 4.69) is 10.6 Å². The molecule has 31 heavy (non-hydrogen) atoms. The van der Waals surface area contributed by atoms with E-state index in [0.29, 0.717) is 10.4 Å². The van der Waals surface area contributed by atoms with Crippen molar-refractivity contribution in [3.05, 3.63) is 35.9 Å². The molecule has 0 aliphatic heterocycles. The minimum atomic E-state index is -2.22. The van der Waals surface area contributed by atoms with Gasteiger partial charge in [0.2, 0.25) is 6.29 Å². The second-order valence-corrected chi connectivity index (χ2v) is 8.08. The number of hydrogen-bond acceptors (Lipinski definition) is 9. The normalized spacial score (nSPS) is 25.9. The summed E-state index contributed by atoms with van der Waals surface area (Å²) >= 11 is 1.13. The van der Waals surface area contributed by atoms with Gasteiger partial charge in [-0.1, -0.05) is 0 Å².